The first kappa shape index (κ1) is 19.1. The molecule has 10 heteroatoms. The molecule has 1 N–H and O–H groups in total. The summed E-state index contributed by atoms with van der Waals surface area (Å²) < 4.78 is 16.1. The van der Waals surface area contributed by atoms with Crippen LogP contribution in [0.4, 0.5) is 15.8 Å². The zero-order valence-corrected chi connectivity index (χ0v) is 16.0. The normalized spacial score (nSPS) is 10.6. The Morgan fingerprint density at radius 1 is 1.30 bits per heavy atom. The maximum Gasteiger partial charge on any atom is 0.306 e. The number of carbonyl (C=O) groups is 1. The van der Waals surface area contributed by atoms with E-state index in [0.29, 0.717) is 5.16 Å². The standard InChI is InChI=1S/C17H12BrFN4O3S/c18-11-1-4-13(5-2-11)22-8-7-20-17(22)27-10-16(24)21-12-3-6-14(19)15(9-12)23(25)26/h1-9H,10H2,(H,21,24). The Balaban J connectivity index is 1.65. The fourth-order valence-corrected chi connectivity index (χ4v) is 3.29. The molecule has 0 atom stereocenters. The molecule has 0 spiro atoms. The molecular weight excluding hydrogens is 439 g/mol. The van der Waals surface area contributed by atoms with Crippen LogP contribution in [-0.4, -0.2) is 26.1 Å². The van der Waals surface area contributed by atoms with Crippen LogP contribution in [0, 0.1) is 15.9 Å². The molecule has 0 unspecified atom stereocenters. The quantitative estimate of drug-likeness (QED) is 0.341. The number of nitro benzene ring substituents is 1. The summed E-state index contributed by atoms with van der Waals surface area (Å²) in [6.45, 7) is 0. The number of carbonyl (C=O) groups excluding carboxylic acids is 1. The molecule has 0 fully saturated rings. The fraction of sp³-hybridized carbons (Fsp3) is 0.0588. The van der Waals surface area contributed by atoms with Crippen LogP contribution in [0.1, 0.15) is 0 Å². The van der Waals surface area contributed by atoms with E-state index in [4.69, 9.17) is 0 Å². The number of imidazole rings is 1. The van der Waals surface area contributed by atoms with E-state index in [1.165, 1.54) is 17.8 Å². The molecule has 0 aliphatic carbocycles. The van der Waals surface area contributed by atoms with Crippen molar-refractivity contribution in [1.29, 1.82) is 0 Å². The van der Waals surface area contributed by atoms with E-state index in [2.05, 4.69) is 26.2 Å². The third-order valence-electron chi connectivity index (χ3n) is 3.47. The van der Waals surface area contributed by atoms with Gasteiger partial charge in [0.1, 0.15) is 0 Å². The maximum atomic E-state index is 13.3. The summed E-state index contributed by atoms with van der Waals surface area (Å²) >= 11 is 4.59. The van der Waals surface area contributed by atoms with Crippen molar-refractivity contribution < 1.29 is 14.1 Å². The van der Waals surface area contributed by atoms with E-state index in [1.807, 2.05) is 28.8 Å². The number of hydrogen-bond acceptors (Lipinski definition) is 5. The van der Waals surface area contributed by atoms with Crippen molar-refractivity contribution in [1.82, 2.24) is 9.55 Å². The summed E-state index contributed by atoms with van der Waals surface area (Å²) in [6.07, 6.45) is 3.42. The van der Waals surface area contributed by atoms with Crippen LogP contribution in [-0.2, 0) is 4.79 Å². The van der Waals surface area contributed by atoms with Crippen LogP contribution in [0.5, 0.6) is 0 Å². The first-order valence-corrected chi connectivity index (χ1v) is 9.38. The van der Waals surface area contributed by atoms with Crippen molar-refractivity contribution in [2.75, 3.05) is 11.1 Å². The van der Waals surface area contributed by atoms with Crippen LogP contribution >= 0.6 is 27.7 Å². The van der Waals surface area contributed by atoms with Gasteiger partial charge in [0.25, 0.3) is 0 Å². The molecule has 3 aromatic rings. The highest BCUT2D eigenvalue weighted by atomic mass is 79.9. The largest absolute Gasteiger partial charge is 0.325 e. The summed E-state index contributed by atoms with van der Waals surface area (Å²) in [7, 11) is 0. The minimum atomic E-state index is -0.955. The number of halogens is 2. The smallest absolute Gasteiger partial charge is 0.306 e. The second-order valence-electron chi connectivity index (χ2n) is 5.32. The number of amides is 1. The van der Waals surface area contributed by atoms with Gasteiger partial charge in [0, 0.05) is 34.3 Å². The van der Waals surface area contributed by atoms with Crippen LogP contribution in [0.2, 0.25) is 0 Å². The summed E-state index contributed by atoms with van der Waals surface area (Å²) in [4.78, 5) is 26.3. The maximum absolute atomic E-state index is 13.3. The Labute approximate surface area is 165 Å². The topological polar surface area (TPSA) is 90.1 Å². The third kappa shape index (κ3) is 4.72. The molecule has 0 radical (unpaired) electrons. The second kappa shape index (κ2) is 8.31. The van der Waals surface area contributed by atoms with Gasteiger partial charge in [-0.3, -0.25) is 19.5 Å². The molecule has 0 bridgehead atoms. The van der Waals surface area contributed by atoms with Crippen molar-refractivity contribution >= 4 is 45.0 Å². The molecule has 0 aliphatic heterocycles. The number of rotatable bonds is 6. The van der Waals surface area contributed by atoms with Crippen LogP contribution < -0.4 is 5.32 Å². The SMILES string of the molecule is O=C(CSc1nccn1-c1ccc(Br)cc1)Nc1ccc(F)c([N+](=O)[O-])c1. The fourth-order valence-electron chi connectivity index (χ4n) is 2.25. The van der Waals surface area contributed by atoms with Gasteiger partial charge in [0.05, 0.1) is 10.7 Å². The van der Waals surface area contributed by atoms with Gasteiger partial charge in [-0.05, 0) is 36.4 Å². The number of benzene rings is 2. The highest BCUT2D eigenvalue weighted by Crippen LogP contribution is 2.24. The number of nitro groups is 1. The summed E-state index contributed by atoms with van der Waals surface area (Å²) in [5, 5.41) is 13.9. The highest BCUT2D eigenvalue weighted by Gasteiger charge is 2.16. The number of thioether (sulfide) groups is 1. The molecule has 3 rings (SSSR count). The molecule has 7 nitrogen and oxygen atoms in total. The first-order chi connectivity index (χ1) is 12.9. The van der Waals surface area contributed by atoms with Crippen molar-refractivity contribution in [3.8, 4) is 5.69 Å². The van der Waals surface area contributed by atoms with Gasteiger partial charge >= 0.3 is 5.69 Å². The minimum absolute atomic E-state index is 0.0404. The van der Waals surface area contributed by atoms with E-state index in [0.717, 1.165) is 22.3 Å². The molecule has 0 saturated heterocycles. The Hall–Kier alpha value is -2.72. The Kier molecular flexibility index (Phi) is 5.87. The lowest BCUT2D eigenvalue weighted by Gasteiger charge is -2.08. The van der Waals surface area contributed by atoms with Gasteiger partial charge in [0.2, 0.25) is 11.7 Å². The summed E-state index contributed by atoms with van der Waals surface area (Å²) in [6, 6.07) is 10.8. The molecule has 1 amide bonds. The third-order valence-corrected chi connectivity index (χ3v) is 4.97. The van der Waals surface area contributed by atoms with E-state index in [1.54, 1.807) is 12.4 Å². The first-order valence-electron chi connectivity index (χ1n) is 7.60. The van der Waals surface area contributed by atoms with Crippen LogP contribution in [0.3, 0.4) is 0 Å². The predicted octanol–water partition coefficient (Wildman–Crippen LogP) is 4.41. The molecule has 138 valence electrons. The van der Waals surface area contributed by atoms with Gasteiger partial charge < -0.3 is 5.32 Å². The number of hydrogen-bond donors (Lipinski definition) is 1. The molecule has 27 heavy (non-hydrogen) atoms. The number of aromatic nitrogens is 2. The van der Waals surface area contributed by atoms with Crippen LogP contribution in [0.25, 0.3) is 5.69 Å². The Morgan fingerprint density at radius 2 is 2.04 bits per heavy atom. The van der Waals surface area contributed by atoms with E-state index in [-0.39, 0.29) is 17.3 Å². The second-order valence-corrected chi connectivity index (χ2v) is 7.17. The number of anilines is 1. The molecule has 0 saturated carbocycles. The van der Waals surface area contributed by atoms with E-state index >= 15 is 0 Å². The summed E-state index contributed by atoms with van der Waals surface area (Å²) in [5.74, 6) is -1.30. The van der Waals surface area contributed by atoms with Gasteiger partial charge in [-0.1, -0.05) is 27.7 Å². The zero-order chi connectivity index (χ0) is 19.4. The van der Waals surface area contributed by atoms with Gasteiger partial charge in [0.15, 0.2) is 5.16 Å². The van der Waals surface area contributed by atoms with Gasteiger partial charge in [-0.25, -0.2) is 4.98 Å². The monoisotopic (exact) mass is 450 g/mol. The molecule has 1 aromatic heterocycles. The molecule has 2 aromatic carbocycles. The lowest BCUT2D eigenvalue weighted by molar-refractivity contribution is -0.387. The van der Waals surface area contributed by atoms with Crippen molar-refractivity contribution in [2.24, 2.45) is 0 Å². The molecule has 0 aliphatic rings. The van der Waals surface area contributed by atoms with Gasteiger partial charge in [-0.15, -0.1) is 0 Å². The highest BCUT2D eigenvalue weighted by molar-refractivity contribution is 9.10. The summed E-state index contributed by atoms with van der Waals surface area (Å²) in [5.41, 5.74) is 0.365. The number of nitrogens with zero attached hydrogens (tertiary/aromatic N) is 3. The van der Waals surface area contributed by atoms with Gasteiger partial charge in [-0.2, -0.15) is 4.39 Å². The van der Waals surface area contributed by atoms with Crippen molar-refractivity contribution in [3.63, 3.8) is 0 Å². The van der Waals surface area contributed by atoms with E-state index < -0.39 is 16.4 Å². The lowest BCUT2D eigenvalue weighted by atomic mass is 10.2. The Morgan fingerprint density at radius 3 is 2.74 bits per heavy atom. The lowest BCUT2D eigenvalue weighted by Crippen LogP contribution is -2.14. The predicted molar refractivity (Wildman–Crippen MR) is 104 cm³/mol. The minimum Gasteiger partial charge on any atom is -0.325 e. The molecule has 1 heterocycles. The average molecular weight is 451 g/mol. The Bertz CT molecular complexity index is 994. The van der Waals surface area contributed by atoms with Crippen molar-refractivity contribution in [2.45, 2.75) is 5.16 Å². The van der Waals surface area contributed by atoms with Crippen molar-refractivity contribution in [3.05, 3.63) is 75.3 Å². The zero-order valence-electron chi connectivity index (χ0n) is 13.6. The average Bonchev–Trinajstić information content (AvgIpc) is 3.10. The van der Waals surface area contributed by atoms with E-state index in [9.17, 15) is 19.3 Å². The van der Waals surface area contributed by atoms with Crippen LogP contribution in [0.15, 0.2) is 64.5 Å². The number of nitrogens with one attached hydrogen (secondary N) is 1. The molecular formula is C17H12BrFN4O3S.